The summed E-state index contributed by atoms with van der Waals surface area (Å²) in [5.74, 6) is -1.22. The third-order valence-corrected chi connectivity index (χ3v) is 9.98. The second kappa shape index (κ2) is 11.3. The number of unbranched alkanes of at least 4 members (excludes halogenated alkanes) is 2. The van der Waals surface area contributed by atoms with Gasteiger partial charge in [0.05, 0.1) is 16.6 Å². The van der Waals surface area contributed by atoms with E-state index in [-0.39, 0.29) is 29.6 Å². The standard InChI is InChI=1S/C29H35N3O4S/c33-17-9-3-8-16-32-25(27(35)31-19-21-12-6-2-7-13-21)29-15-14-22(37-29)23(24(29)28(32)36)26(34)30-18-20-10-4-1-5-11-20/h1-2,4-7,10-13,22-25,33H,3,8-9,14-19H2,(H,30,34)(H,31,35)/t22-,23+,24-,25?,29?/m0/s1. The summed E-state index contributed by atoms with van der Waals surface area (Å²) < 4.78 is -0.575. The number of amides is 3. The highest BCUT2D eigenvalue weighted by Crippen LogP contribution is 2.66. The third kappa shape index (κ3) is 5.01. The Morgan fingerprint density at radius 3 is 2.16 bits per heavy atom. The van der Waals surface area contributed by atoms with Gasteiger partial charge >= 0.3 is 0 Å². The quantitative estimate of drug-likeness (QED) is 0.395. The average molecular weight is 522 g/mol. The molecule has 3 saturated heterocycles. The molecule has 2 bridgehead atoms. The van der Waals surface area contributed by atoms with Crippen molar-refractivity contribution in [1.29, 1.82) is 0 Å². The minimum Gasteiger partial charge on any atom is -0.396 e. The topological polar surface area (TPSA) is 98.7 Å². The number of thioether (sulfide) groups is 1. The molecule has 2 aromatic rings. The van der Waals surface area contributed by atoms with Gasteiger partial charge < -0.3 is 20.6 Å². The predicted molar refractivity (Wildman–Crippen MR) is 143 cm³/mol. The molecule has 3 heterocycles. The van der Waals surface area contributed by atoms with Crippen LogP contribution in [0.25, 0.3) is 0 Å². The van der Waals surface area contributed by atoms with Gasteiger partial charge in [-0.25, -0.2) is 0 Å². The molecule has 0 aromatic heterocycles. The van der Waals surface area contributed by atoms with E-state index in [9.17, 15) is 19.5 Å². The van der Waals surface area contributed by atoms with Crippen molar-refractivity contribution in [3.63, 3.8) is 0 Å². The second-order valence-corrected chi connectivity index (χ2v) is 11.9. The van der Waals surface area contributed by atoms with E-state index in [2.05, 4.69) is 10.6 Å². The van der Waals surface area contributed by atoms with Crippen LogP contribution in [0.15, 0.2) is 60.7 Å². The summed E-state index contributed by atoms with van der Waals surface area (Å²) in [6.45, 7) is 1.40. The molecule has 0 radical (unpaired) electrons. The summed E-state index contributed by atoms with van der Waals surface area (Å²) in [4.78, 5) is 42.8. The molecule has 37 heavy (non-hydrogen) atoms. The molecule has 1 spiro atoms. The van der Waals surface area contributed by atoms with Crippen LogP contribution in [-0.2, 0) is 27.5 Å². The van der Waals surface area contributed by atoms with E-state index in [1.54, 1.807) is 16.7 Å². The van der Waals surface area contributed by atoms with Crippen molar-refractivity contribution in [3.8, 4) is 0 Å². The number of likely N-dealkylation sites (tertiary alicyclic amines) is 1. The molecule has 3 aliphatic heterocycles. The number of hydrogen-bond acceptors (Lipinski definition) is 5. The summed E-state index contributed by atoms with van der Waals surface area (Å²) in [6, 6.07) is 18.9. The highest BCUT2D eigenvalue weighted by molar-refractivity contribution is 8.02. The van der Waals surface area contributed by atoms with Crippen molar-refractivity contribution >= 4 is 29.5 Å². The fraction of sp³-hybridized carbons (Fsp3) is 0.483. The fourth-order valence-corrected chi connectivity index (χ4v) is 8.57. The summed E-state index contributed by atoms with van der Waals surface area (Å²) in [6.07, 6.45) is 3.77. The SMILES string of the molecule is O=C(NCc1ccccc1)C1N(CCCCCO)C(=O)[C@@H]2[C@H](C(=O)NCc3ccccc3)[C@@H]3CCC12S3. The van der Waals surface area contributed by atoms with Gasteiger partial charge in [-0.3, -0.25) is 14.4 Å². The lowest BCUT2D eigenvalue weighted by Gasteiger charge is -2.34. The Balaban J connectivity index is 1.36. The summed E-state index contributed by atoms with van der Waals surface area (Å²) >= 11 is 1.69. The van der Waals surface area contributed by atoms with Crippen molar-refractivity contribution in [2.75, 3.05) is 13.2 Å². The number of hydrogen-bond donors (Lipinski definition) is 3. The van der Waals surface area contributed by atoms with Gasteiger partial charge in [-0.05, 0) is 43.2 Å². The molecule has 0 aliphatic carbocycles. The molecule has 3 aliphatic rings. The lowest BCUT2D eigenvalue weighted by Crippen LogP contribution is -2.53. The zero-order valence-electron chi connectivity index (χ0n) is 21.0. The summed E-state index contributed by atoms with van der Waals surface area (Å²) in [5.41, 5.74) is 2.02. The van der Waals surface area contributed by atoms with Crippen molar-refractivity contribution in [2.45, 2.75) is 61.2 Å². The molecule has 3 N–H and O–H groups in total. The Labute approximate surface area is 222 Å². The van der Waals surface area contributed by atoms with E-state index >= 15 is 0 Å². The normalized spacial score (nSPS) is 27.8. The third-order valence-electron chi connectivity index (χ3n) is 8.03. The van der Waals surface area contributed by atoms with Gasteiger partial charge in [-0.1, -0.05) is 60.7 Å². The van der Waals surface area contributed by atoms with E-state index in [0.29, 0.717) is 26.1 Å². The number of aliphatic hydroxyl groups excluding tert-OH is 1. The molecular formula is C29H35N3O4S. The number of rotatable bonds is 11. The molecule has 0 saturated carbocycles. The number of nitrogens with one attached hydrogen (secondary N) is 2. The Kier molecular flexibility index (Phi) is 7.86. The first-order chi connectivity index (χ1) is 18.0. The maximum absolute atomic E-state index is 13.9. The zero-order valence-corrected chi connectivity index (χ0v) is 21.8. The lowest BCUT2D eigenvalue weighted by atomic mass is 9.70. The maximum atomic E-state index is 13.9. The van der Waals surface area contributed by atoms with E-state index in [4.69, 9.17) is 0 Å². The average Bonchev–Trinajstić information content (AvgIpc) is 3.57. The minimum absolute atomic E-state index is 0.0469. The van der Waals surface area contributed by atoms with Crippen LogP contribution in [0.1, 0.15) is 43.2 Å². The van der Waals surface area contributed by atoms with Crippen molar-refractivity contribution in [2.24, 2.45) is 11.8 Å². The van der Waals surface area contributed by atoms with Gasteiger partial charge in [-0.2, -0.15) is 0 Å². The Morgan fingerprint density at radius 1 is 0.919 bits per heavy atom. The molecule has 2 unspecified atom stereocenters. The summed E-state index contributed by atoms with van der Waals surface area (Å²) in [5, 5.41) is 15.4. The van der Waals surface area contributed by atoms with Crippen LogP contribution in [0.4, 0.5) is 0 Å². The van der Waals surface area contributed by atoms with Crippen LogP contribution in [0, 0.1) is 11.8 Å². The maximum Gasteiger partial charge on any atom is 0.244 e. The zero-order chi connectivity index (χ0) is 25.8. The fourth-order valence-electron chi connectivity index (χ4n) is 6.35. The number of carbonyl (C=O) groups is 3. The van der Waals surface area contributed by atoms with Crippen LogP contribution in [0.3, 0.4) is 0 Å². The van der Waals surface area contributed by atoms with Crippen LogP contribution < -0.4 is 10.6 Å². The lowest BCUT2D eigenvalue weighted by molar-refractivity contribution is -0.140. The van der Waals surface area contributed by atoms with Crippen molar-refractivity contribution in [3.05, 3.63) is 71.8 Å². The number of carbonyl (C=O) groups excluding carboxylic acids is 3. The van der Waals surface area contributed by atoms with E-state index in [0.717, 1.165) is 36.8 Å². The number of nitrogens with zero attached hydrogens (tertiary/aromatic N) is 1. The monoisotopic (exact) mass is 521 g/mol. The minimum atomic E-state index is -0.593. The molecule has 8 heteroatoms. The Bertz CT molecular complexity index is 1110. The Morgan fingerprint density at radius 2 is 1.54 bits per heavy atom. The first-order valence-electron chi connectivity index (χ1n) is 13.3. The van der Waals surface area contributed by atoms with Gasteiger partial charge in [-0.15, -0.1) is 11.8 Å². The second-order valence-electron chi connectivity index (χ2n) is 10.3. The first kappa shape index (κ1) is 25.8. The number of fused-ring (bicyclic) bond motifs is 1. The molecule has 196 valence electrons. The highest BCUT2D eigenvalue weighted by Gasteiger charge is 2.73. The first-order valence-corrected chi connectivity index (χ1v) is 14.2. The molecule has 3 fully saturated rings. The van der Waals surface area contributed by atoms with Crippen molar-refractivity contribution in [1.82, 2.24) is 15.5 Å². The Hall–Kier alpha value is -2.84. The van der Waals surface area contributed by atoms with Crippen molar-refractivity contribution < 1.29 is 19.5 Å². The molecule has 7 nitrogen and oxygen atoms in total. The van der Waals surface area contributed by atoms with E-state index in [1.807, 2.05) is 60.7 Å². The van der Waals surface area contributed by atoms with Gasteiger partial charge in [0.2, 0.25) is 17.7 Å². The van der Waals surface area contributed by atoms with Crippen LogP contribution in [0.5, 0.6) is 0 Å². The molecule has 5 atom stereocenters. The predicted octanol–water partition coefficient (Wildman–Crippen LogP) is 2.87. The molecule has 5 rings (SSSR count). The van der Waals surface area contributed by atoms with Gasteiger partial charge in [0, 0.05) is 31.5 Å². The summed E-state index contributed by atoms with van der Waals surface area (Å²) in [7, 11) is 0. The van der Waals surface area contributed by atoms with Crippen LogP contribution >= 0.6 is 11.8 Å². The number of benzene rings is 2. The highest BCUT2D eigenvalue weighted by atomic mass is 32.2. The van der Waals surface area contributed by atoms with Gasteiger partial charge in [0.15, 0.2) is 0 Å². The van der Waals surface area contributed by atoms with Crippen LogP contribution in [-0.4, -0.2) is 56.9 Å². The van der Waals surface area contributed by atoms with Gasteiger partial charge in [0.25, 0.3) is 0 Å². The van der Waals surface area contributed by atoms with E-state index < -0.39 is 22.6 Å². The van der Waals surface area contributed by atoms with E-state index in [1.165, 1.54) is 0 Å². The van der Waals surface area contributed by atoms with Gasteiger partial charge in [0.1, 0.15) is 6.04 Å². The molecule has 2 aromatic carbocycles. The smallest absolute Gasteiger partial charge is 0.244 e. The molecular weight excluding hydrogens is 486 g/mol. The molecule has 3 amide bonds. The largest absolute Gasteiger partial charge is 0.396 e. The number of aliphatic hydroxyl groups is 1. The van der Waals surface area contributed by atoms with Crippen LogP contribution in [0.2, 0.25) is 0 Å².